The molecule has 1 aliphatic heterocycles. The van der Waals surface area contributed by atoms with Gasteiger partial charge >= 0.3 is 0 Å². The molecule has 0 spiro atoms. The minimum atomic E-state index is -2.33. The van der Waals surface area contributed by atoms with Crippen molar-refractivity contribution in [3.8, 4) is 5.75 Å². The summed E-state index contributed by atoms with van der Waals surface area (Å²) in [4.78, 5) is 12.7. The van der Waals surface area contributed by atoms with E-state index in [1.165, 1.54) is 25.1 Å². The molecule has 0 fully saturated rings. The van der Waals surface area contributed by atoms with Gasteiger partial charge in [-0.3, -0.25) is 4.79 Å². The molecule has 0 atom stereocenters. The molecular formula is C24H14F6N2O2. The van der Waals surface area contributed by atoms with Gasteiger partial charge < -0.3 is 4.74 Å². The summed E-state index contributed by atoms with van der Waals surface area (Å²) in [7, 11) is 0. The number of amides is 1. The Bertz CT molecular complexity index is 1310. The van der Waals surface area contributed by atoms with Gasteiger partial charge in [0, 0.05) is 0 Å². The van der Waals surface area contributed by atoms with Crippen molar-refractivity contribution in [3.05, 3.63) is 100 Å². The van der Waals surface area contributed by atoms with Gasteiger partial charge in [-0.2, -0.15) is 10.1 Å². The molecule has 1 amide bonds. The van der Waals surface area contributed by atoms with E-state index in [4.69, 9.17) is 4.74 Å². The Morgan fingerprint density at radius 2 is 1.38 bits per heavy atom. The van der Waals surface area contributed by atoms with Crippen LogP contribution < -0.4 is 9.75 Å². The highest BCUT2D eigenvalue weighted by molar-refractivity contribution is 6.32. The average molecular weight is 476 g/mol. The first-order valence-electron chi connectivity index (χ1n) is 9.78. The van der Waals surface area contributed by atoms with Crippen LogP contribution in [0.5, 0.6) is 5.75 Å². The molecule has 1 heterocycles. The van der Waals surface area contributed by atoms with Crippen LogP contribution in [0.15, 0.2) is 59.2 Å². The number of carbonyl (C=O) groups excluding carboxylic acids is 1. The molecule has 174 valence electrons. The van der Waals surface area contributed by atoms with E-state index in [9.17, 15) is 31.1 Å². The number of halogens is 6. The summed E-state index contributed by atoms with van der Waals surface area (Å²) in [5.41, 5.74) is -0.279. The van der Waals surface area contributed by atoms with E-state index in [1.54, 1.807) is 36.4 Å². The zero-order valence-electron chi connectivity index (χ0n) is 17.4. The van der Waals surface area contributed by atoms with Gasteiger partial charge in [-0.05, 0) is 48.4 Å². The number of anilines is 1. The van der Waals surface area contributed by atoms with E-state index in [-0.39, 0.29) is 28.7 Å². The number of nitrogens with zero attached hydrogens (tertiary/aromatic N) is 2. The molecule has 1 aliphatic rings. The number of hydrogen-bond acceptors (Lipinski definition) is 3. The van der Waals surface area contributed by atoms with Crippen LogP contribution in [0.4, 0.5) is 32.0 Å². The quantitative estimate of drug-likeness (QED) is 0.199. The molecule has 0 unspecified atom stereocenters. The van der Waals surface area contributed by atoms with Crippen LogP contribution in [0.2, 0.25) is 0 Å². The lowest BCUT2D eigenvalue weighted by Crippen LogP contribution is -2.25. The summed E-state index contributed by atoms with van der Waals surface area (Å²) in [5.74, 6) is -11.9. The number of ether oxygens (including phenoxy) is 1. The predicted octanol–water partition coefficient (Wildman–Crippen LogP) is 5.91. The average Bonchev–Trinajstić information content (AvgIpc) is 3.10. The Kier molecular flexibility index (Phi) is 6.14. The monoisotopic (exact) mass is 476 g/mol. The van der Waals surface area contributed by atoms with E-state index < -0.39 is 40.7 Å². The smallest absolute Gasteiger partial charge is 0.280 e. The standard InChI is InChI=1S/C24H14F6N2O2/c1-12-17(24(33)32(31-12)23-21(29)19(27)18(26)20(28)22(23)30)10-13-4-8-16(9-5-13)34-11-14-2-6-15(25)7-3-14/h2-10H,11H2,1H3/b17-10+. The normalized spacial score (nSPS) is 14.7. The maximum atomic E-state index is 14.1. The van der Waals surface area contributed by atoms with Crippen molar-refractivity contribution in [1.82, 2.24) is 0 Å². The van der Waals surface area contributed by atoms with Gasteiger partial charge in [-0.1, -0.05) is 24.3 Å². The molecule has 3 aromatic rings. The Labute approximate surface area is 189 Å². The third-order valence-corrected chi connectivity index (χ3v) is 4.97. The number of rotatable bonds is 5. The molecule has 0 saturated heterocycles. The fourth-order valence-corrected chi connectivity index (χ4v) is 3.19. The lowest BCUT2D eigenvalue weighted by atomic mass is 10.1. The van der Waals surface area contributed by atoms with Crippen LogP contribution in [0.3, 0.4) is 0 Å². The van der Waals surface area contributed by atoms with Crippen molar-refractivity contribution >= 4 is 23.4 Å². The van der Waals surface area contributed by atoms with Gasteiger partial charge in [0.2, 0.25) is 5.82 Å². The second-order valence-electron chi connectivity index (χ2n) is 7.26. The number of hydrogen-bond donors (Lipinski definition) is 0. The molecule has 0 saturated carbocycles. The first-order chi connectivity index (χ1) is 16.2. The molecule has 0 bridgehead atoms. The maximum absolute atomic E-state index is 14.1. The largest absolute Gasteiger partial charge is 0.489 e. The van der Waals surface area contributed by atoms with Gasteiger partial charge in [-0.15, -0.1) is 0 Å². The molecule has 0 aromatic heterocycles. The molecule has 10 heteroatoms. The maximum Gasteiger partial charge on any atom is 0.280 e. The van der Waals surface area contributed by atoms with Crippen LogP contribution in [0, 0.1) is 34.9 Å². The van der Waals surface area contributed by atoms with Crippen molar-refractivity contribution in [2.24, 2.45) is 5.10 Å². The second kappa shape index (κ2) is 9.05. The number of benzene rings is 3. The third kappa shape index (κ3) is 4.26. The first kappa shape index (κ1) is 23.1. The van der Waals surface area contributed by atoms with Crippen molar-refractivity contribution < 1.29 is 35.9 Å². The van der Waals surface area contributed by atoms with Crippen molar-refractivity contribution in [3.63, 3.8) is 0 Å². The fraction of sp³-hybridized carbons (Fsp3) is 0.0833. The minimum absolute atomic E-state index is 0.0191. The highest BCUT2D eigenvalue weighted by Gasteiger charge is 2.36. The summed E-state index contributed by atoms with van der Waals surface area (Å²) in [5, 5.41) is 3.83. The minimum Gasteiger partial charge on any atom is -0.489 e. The van der Waals surface area contributed by atoms with Crippen LogP contribution >= 0.6 is 0 Å². The molecule has 0 N–H and O–H groups in total. The number of carbonyl (C=O) groups is 1. The Morgan fingerprint density at radius 3 is 1.97 bits per heavy atom. The molecule has 0 aliphatic carbocycles. The summed E-state index contributed by atoms with van der Waals surface area (Å²) in [6, 6.07) is 12.2. The van der Waals surface area contributed by atoms with Crippen LogP contribution in [-0.2, 0) is 11.4 Å². The van der Waals surface area contributed by atoms with Crippen LogP contribution in [0.1, 0.15) is 18.1 Å². The number of hydrazone groups is 1. The zero-order chi connectivity index (χ0) is 24.6. The lowest BCUT2D eigenvalue weighted by Gasteiger charge is -2.15. The van der Waals surface area contributed by atoms with E-state index in [0.717, 1.165) is 5.56 Å². The summed E-state index contributed by atoms with van der Waals surface area (Å²) in [6.07, 6.45) is 1.36. The van der Waals surface area contributed by atoms with Gasteiger partial charge in [0.25, 0.3) is 5.91 Å². The van der Waals surface area contributed by atoms with Gasteiger partial charge in [-0.25, -0.2) is 26.3 Å². The highest BCUT2D eigenvalue weighted by atomic mass is 19.2. The van der Waals surface area contributed by atoms with E-state index >= 15 is 0 Å². The Morgan fingerprint density at radius 1 is 0.824 bits per heavy atom. The summed E-state index contributed by atoms with van der Waals surface area (Å²) in [6.45, 7) is 1.55. The molecule has 3 aromatic carbocycles. The third-order valence-electron chi connectivity index (χ3n) is 4.97. The molecule has 34 heavy (non-hydrogen) atoms. The lowest BCUT2D eigenvalue weighted by molar-refractivity contribution is -0.114. The van der Waals surface area contributed by atoms with Crippen LogP contribution in [-0.4, -0.2) is 11.6 Å². The van der Waals surface area contributed by atoms with Crippen molar-refractivity contribution in [2.45, 2.75) is 13.5 Å². The van der Waals surface area contributed by atoms with Gasteiger partial charge in [0.05, 0.1) is 11.3 Å². The second-order valence-corrected chi connectivity index (χ2v) is 7.26. The Hall–Kier alpha value is -4.08. The van der Waals surface area contributed by atoms with Gasteiger partial charge in [0.15, 0.2) is 23.3 Å². The zero-order valence-corrected chi connectivity index (χ0v) is 17.4. The topological polar surface area (TPSA) is 41.9 Å². The summed E-state index contributed by atoms with van der Waals surface area (Å²) < 4.78 is 87.3. The molecule has 4 nitrogen and oxygen atoms in total. The van der Waals surface area contributed by atoms with E-state index in [1.807, 2.05) is 0 Å². The van der Waals surface area contributed by atoms with Crippen molar-refractivity contribution in [1.29, 1.82) is 0 Å². The molecule has 0 radical (unpaired) electrons. The fourth-order valence-electron chi connectivity index (χ4n) is 3.19. The van der Waals surface area contributed by atoms with E-state index in [0.29, 0.717) is 11.3 Å². The SMILES string of the molecule is CC1=NN(c2c(F)c(F)c(F)c(F)c2F)C(=O)/C1=C/c1ccc(OCc2ccc(F)cc2)cc1. The molecular weight excluding hydrogens is 462 g/mol. The van der Waals surface area contributed by atoms with Crippen LogP contribution in [0.25, 0.3) is 6.08 Å². The first-order valence-corrected chi connectivity index (χ1v) is 9.78. The van der Waals surface area contributed by atoms with Gasteiger partial charge in [0.1, 0.15) is 23.9 Å². The summed E-state index contributed by atoms with van der Waals surface area (Å²) >= 11 is 0. The van der Waals surface area contributed by atoms with E-state index in [2.05, 4.69) is 5.10 Å². The van der Waals surface area contributed by atoms with Crippen molar-refractivity contribution in [2.75, 3.05) is 5.01 Å². The Balaban J connectivity index is 1.54. The predicted molar refractivity (Wildman–Crippen MR) is 112 cm³/mol. The highest BCUT2D eigenvalue weighted by Crippen LogP contribution is 2.34. The molecule has 4 rings (SSSR count).